The number of hydrogen-bond acceptors (Lipinski definition) is 2. The maximum absolute atomic E-state index is 4.34. The van der Waals surface area contributed by atoms with Gasteiger partial charge in [0.05, 0.1) is 0 Å². The molecule has 0 spiro atoms. The molecule has 1 N–H and O–H groups in total. The van der Waals surface area contributed by atoms with Crippen molar-refractivity contribution in [2.45, 2.75) is 18.9 Å². The monoisotopic (exact) mass is 277 g/mol. The molecule has 3 nitrogen and oxygen atoms in total. The number of nitrogens with one attached hydrogen (secondary N) is 1. The van der Waals surface area contributed by atoms with Crippen LogP contribution in [0.5, 0.6) is 0 Å². The highest BCUT2D eigenvalue weighted by atomic mass is 79.9. The van der Waals surface area contributed by atoms with Gasteiger partial charge in [0.25, 0.3) is 0 Å². The summed E-state index contributed by atoms with van der Waals surface area (Å²) >= 11 is 3.46. The molecule has 0 saturated heterocycles. The first-order chi connectivity index (χ1) is 7.83. The molecular weight excluding hydrogens is 266 g/mol. The summed E-state index contributed by atoms with van der Waals surface area (Å²) in [7, 11) is 0. The van der Waals surface area contributed by atoms with E-state index in [0.29, 0.717) is 6.04 Å². The number of anilines is 2. The van der Waals surface area contributed by atoms with Crippen LogP contribution in [0.4, 0.5) is 11.6 Å². The first-order valence-electron chi connectivity index (χ1n) is 5.38. The van der Waals surface area contributed by atoms with E-state index in [-0.39, 0.29) is 0 Å². The first kappa shape index (κ1) is 9.90. The molecule has 0 amide bonds. The predicted octanol–water partition coefficient (Wildman–Crippen LogP) is 3.72. The summed E-state index contributed by atoms with van der Waals surface area (Å²) in [5.41, 5.74) is 1.06. The van der Waals surface area contributed by atoms with E-state index in [1.165, 1.54) is 12.8 Å². The standard InChI is InChI=1S/C12H12BrN3/c13-9-2-1-3-10(8-9)15-12-14-6-7-16(12)11-4-5-11/h1-3,6-8,11H,4-5H2,(H,14,15). The van der Waals surface area contributed by atoms with Gasteiger partial charge in [-0.1, -0.05) is 22.0 Å². The molecule has 0 aliphatic heterocycles. The minimum atomic E-state index is 0.650. The molecule has 1 aromatic carbocycles. The van der Waals surface area contributed by atoms with Crippen molar-refractivity contribution in [3.63, 3.8) is 0 Å². The van der Waals surface area contributed by atoms with Crippen molar-refractivity contribution in [1.82, 2.24) is 9.55 Å². The fourth-order valence-electron chi connectivity index (χ4n) is 1.75. The van der Waals surface area contributed by atoms with E-state index in [1.807, 2.05) is 36.7 Å². The highest BCUT2D eigenvalue weighted by Gasteiger charge is 2.25. The summed E-state index contributed by atoms with van der Waals surface area (Å²) in [6.45, 7) is 0. The van der Waals surface area contributed by atoms with E-state index in [1.54, 1.807) is 0 Å². The summed E-state index contributed by atoms with van der Waals surface area (Å²) in [6, 6.07) is 8.76. The number of halogens is 1. The molecule has 1 heterocycles. The lowest BCUT2D eigenvalue weighted by atomic mass is 10.3. The summed E-state index contributed by atoms with van der Waals surface area (Å²) in [6.07, 6.45) is 6.42. The van der Waals surface area contributed by atoms with Crippen LogP contribution < -0.4 is 5.32 Å². The van der Waals surface area contributed by atoms with Crippen LogP contribution in [0.3, 0.4) is 0 Å². The zero-order valence-electron chi connectivity index (χ0n) is 8.73. The van der Waals surface area contributed by atoms with Gasteiger partial charge in [0.15, 0.2) is 0 Å². The van der Waals surface area contributed by atoms with Gasteiger partial charge in [0.1, 0.15) is 0 Å². The number of nitrogens with zero attached hydrogens (tertiary/aromatic N) is 2. The van der Waals surface area contributed by atoms with E-state index < -0.39 is 0 Å². The van der Waals surface area contributed by atoms with Crippen LogP contribution in [0.1, 0.15) is 18.9 Å². The van der Waals surface area contributed by atoms with Crippen molar-refractivity contribution < 1.29 is 0 Å². The number of aromatic nitrogens is 2. The van der Waals surface area contributed by atoms with Crippen LogP contribution in [0.25, 0.3) is 0 Å². The lowest BCUT2D eigenvalue weighted by molar-refractivity contribution is 0.751. The number of hydrogen-bond donors (Lipinski definition) is 1. The third kappa shape index (κ3) is 1.97. The Kier molecular flexibility index (Phi) is 2.44. The molecule has 1 fully saturated rings. The van der Waals surface area contributed by atoms with Gasteiger partial charge in [0, 0.05) is 28.6 Å². The van der Waals surface area contributed by atoms with Gasteiger partial charge in [-0.3, -0.25) is 0 Å². The van der Waals surface area contributed by atoms with E-state index in [9.17, 15) is 0 Å². The highest BCUT2D eigenvalue weighted by Crippen LogP contribution is 2.37. The van der Waals surface area contributed by atoms with Crippen LogP contribution in [0, 0.1) is 0 Å². The fourth-order valence-corrected chi connectivity index (χ4v) is 2.15. The minimum absolute atomic E-state index is 0.650. The minimum Gasteiger partial charge on any atom is -0.326 e. The lowest BCUT2D eigenvalue weighted by Gasteiger charge is -2.08. The number of rotatable bonds is 3. The average Bonchev–Trinajstić information content (AvgIpc) is 3.00. The molecule has 1 saturated carbocycles. The molecule has 4 heteroatoms. The summed E-state index contributed by atoms with van der Waals surface area (Å²) < 4.78 is 3.28. The van der Waals surface area contributed by atoms with E-state index in [0.717, 1.165) is 16.1 Å². The van der Waals surface area contributed by atoms with Crippen LogP contribution >= 0.6 is 15.9 Å². The Hall–Kier alpha value is -1.29. The average molecular weight is 278 g/mol. The highest BCUT2D eigenvalue weighted by molar-refractivity contribution is 9.10. The molecule has 1 aliphatic carbocycles. The van der Waals surface area contributed by atoms with Gasteiger partial charge in [-0.15, -0.1) is 0 Å². The SMILES string of the molecule is Brc1cccc(Nc2nccn2C2CC2)c1. The van der Waals surface area contributed by atoms with Gasteiger partial charge in [0.2, 0.25) is 5.95 Å². The van der Waals surface area contributed by atoms with Gasteiger partial charge >= 0.3 is 0 Å². The third-order valence-electron chi connectivity index (χ3n) is 2.69. The molecular formula is C12H12BrN3. The molecule has 0 atom stereocenters. The molecule has 1 aliphatic rings. The van der Waals surface area contributed by atoms with Crippen molar-refractivity contribution >= 4 is 27.6 Å². The molecule has 82 valence electrons. The Morgan fingerprint density at radius 2 is 2.25 bits per heavy atom. The van der Waals surface area contributed by atoms with Crippen LogP contribution in [0.2, 0.25) is 0 Å². The van der Waals surface area contributed by atoms with Crippen LogP contribution in [-0.4, -0.2) is 9.55 Å². The van der Waals surface area contributed by atoms with Gasteiger partial charge in [-0.05, 0) is 31.0 Å². The van der Waals surface area contributed by atoms with Crippen molar-refractivity contribution in [2.75, 3.05) is 5.32 Å². The zero-order valence-corrected chi connectivity index (χ0v) is 10.3. The van der Waals surface area contributed by atoms with E-state index in [2.05, 4.69) is 30.8 Å². The molecule has 0 unspecified atom stereocenters. The molecule has 1 aromatic heterocycles. The Balaban J connectivity index is 1.85. The molecule has 16 heavy (non-hydrogen) atoms. The molecule has 3 rings (SSSR count). The van der Waals surface area contributed by atoms with Crippen molar-refractivity contribution in [3.8, 4) is 0 Å². The molecule has 2 aromatic rings. The topological polar surface area (TPSA) is 29.9 Å². The van der Waals surface area contributed by atoms with E-state index in [4.69, 9.17) is 0 Å². The quantitative estimate of drug-likeness (QED) is 0.927. The second-order valence-electron chi connectivity index (χ2n) is 4.02. The number of benzene rings is 1. The van der Waals surface area contributed by atoms with Crippen molar-refractivity contribution in [1.29, 1.82) is 0 Å². The Morgan fingerprint density at radius 3 is 3.00 bits per heavy atom. The zero-order chi connectivity index (χ0) is 11.0. The second kappa shape index (κ2) is 3.94. The first-order valence-corrected chi connectivity index (χ1v) is 6.17. The normalized spacial score (nSPS) is 15.1. The van der Waals surface area contributed by atoms with Gasteiger partial charge < -0.3 is 9.88 Å². The Labute approximate surface area is 103 Å². The maximum atomic E-state index is 4.34. The fraction of sp³-hybridized carbons (Fsp3) is 0.250. The largest absolute Gasteiger partial charge is 0.326 e. The smallest absolute Gasteiger partial charge is 0.207 e. The van der Waals surface area contributed by atoms with Gasteiger partial charge in [-0.25, -0.2) is 4.98 Å². The molecule has 0 bridgehead atoms. The summed E-state index contributed by atoms with van der Waals surface area (Å²) in [5.74, 6) is 0.931. The second-order valence-corrected chi connectivity index (χ2v) is 4.94. The predicted molar refractivity (Wildman–Crippen MR) is 67.9 cm³/mol. The summed E-state index contributed by atoms with van der Waals surface area (Å²) in [5, 5.41) is 3.34. The Bertz CT molecular complexity index is 502. The molecule has 0 radical (unpaired) electrons. The lowest BCUT2D eigenvalue weighted by Crippen LogP contribution is -2.00. The van der Waals surface area contributed by atoms with Crippen molar-refractivity contribution in [2.24, 2.45) is 0 Å². The van der Waals surface area contributed by atoms with Crippen LogP contribution in [-0.2, 0) is 0 Å². The number of imidazole rings is 1. The third-order valence-corrected chi connectivity index (χ3v) is 3.18. The van der Waals surface area contributed by atoms with E-state index >= 15 is 0 Å². The van der Waals surface area contributed by atoms with Gasteiger partial charge in [-0.2, -0.15) is 0 Å². The van der Waals surface area contributed by atoms with Crippen LogP contribution in [0.15, 0.2) is 41.1 Å². The summed E-state index contributed by atoms with van der Waals surface area (Å²) in [4.78, 5) is 4.34. The van der Waals surface area contributed by atoms with Crippen molar-refractivity contribution in [3.05, 3.63) is 41.1 Å². The Morgan fingerprint density at radius 1 is 1.38 bits per heavy atom. The maximum Gasteiger partial charge on any atom is 0.207 e.